The van der Waals surface area contributed by atoms with Crippen LogP contribution in [0.4, 0.5) is 5.69 Å². The first kappa shape index (κ1) is 41.2. The average molecular weight is 800 g/mol. The van der Waals surface area contributed by atoms with Crippen LogP contribution in [0.3, 0.4) is 0 Å². The monoisotopic (exact) mass is 799 g/mol. The Morgan fingerprint density at radius 2 is 1.30 bits per heavy atom. The molecular formula is C46H50N3O6PSi. The molecule has 2 amide bonds. The highest BCUT2D eigenvalue weighted by molar-refractivity contribution is 7.96. The molecule has 1 aliphatic heterocycles. The van der Waals surface area contributed by atoms with Gasteiger partial charge in [0.2, 0.25) is 11.8 Å². The molecule has 0 aliphatic carbocycles. The van der Waals surface area contributed by atoms with E-state index in [1.807, 2.05) is 97.9 Å². The lowest BCUT2D eigenvalue weighted by Gasteiger charge is -2.52. The summed E-state index contributed by atoms with van der Waals surface area (Å²) in [7, 11) is -2.39. The molecule has 1 aromatic heterocycles. The van der Waals surface area contributed by atoms with E-state index in [0.717, 1.165) is 21.5 Å². The summed E-state index contributed by atoms with van der Waals surface area (Å²) in [4.78, 5) is 61.4. The van der Waals surface area contributed by atoms with E-state index in [-0.39, 0.29) is 40.9 Å². The van der Waals surface area contributed by atoms with Gasteiger partial charge in [0.15, 0.2) is 14.1 Å². The van der Waals surface area contributed by atoms with Crippen molar-refractivity contribution >= 4 is 65.8 Å². The Balaban J connectivity index is 1.46. The van der Waals surface area contributed by atoms with Crippen LogP contribution >= 0.6 is 6.89 Å². The molecule has 0 unspecified atom stereocenters. The zero-order valence-electron chi connectivity index (χ0n) is 33.3. The second-order valence-electron chi connectivity index (χ2n) is 16.0. The topological polar surface area (TPSA) is 126 Å². The van der Waals surface area contributed by atoms with E-state index < -0.39 is 39.2 Å². The maximum Gasteiger partial charge on any atom is 0.353 e. The fraction of sp³-hybridized carbons (Fsp3) is 0.261. The molecule has 9 nitrogen and oxygen atoms in total. The van der Waals surface area contributed by atoms with E-state index in [1.54, 1.807) is 48.8 Å². The number of aromatic nitrogens is 1. The fourth-order valence-electron chi connectivity index (χ4n) is 7.39. The van der Waals surface area contributed by atoms with E-state index in [9.17, 15) is 24.3 Å². The summed E-state index contributed by atoms with van der Waals surface area (Å²) in [6, 6.07) is 38.0. The van der Waals surface area contributed by atoms with Gasteiger partial charge in [0.25, 0.3) is 0 Å². The molecule has 0 bridgehead atoms. The van der Waals surface area contributed by atoms with Gasteiger partial charge < -0.3 is 19.7 Å². The van der Waals surface area contributed by atoms with Crippen molar-refractivity contribution in [1.82, 2.24) is 9.88 Å². The summed E-state index contributed by atoms with van der Waals surface area (Å²) in [6.45, 7) is 9.23. The highest BCUT2D eigenvalue weighted by atomic mass is 31.2. The van der Waals surface area contributed by atoms with Gasteiger partial charge in [-0.25, -0.2) is 4.79 Å². The Morgan fingerprint density at radius 1 is 0.807 bits per heavy atom. The van der Waals surface area contributed by atoms with Crippen molar-refractivity contribution < 1.29 is 28.7 Å². The number of rotatable bonds is 14. The minimum absolute atomic E-state index is 0.0414. The van der Waals surface area contributed by atoms with Crippen LogP contribution in [0, 0.1) is 5.92 Å². The smallest absolute Gasteiger partial charge is 0.353 e. The molecular weight excluding hydrogens is 750 g/mol. The van der Waals surface area contributed by atoms with Crippen LogP contribution in [0.15, 0.2) is 140 Å². The summed E-state index contributed by atoms with van der Waals surface area (Å²) in [5.41, 5.74) is 1.72. The number of carboxylic acid groups (broad SMARTS) is 1. The average Bonchev–Trinajstić information content (AvgIpc) is 3.18. The van der Waals surface area contributed by atoms with Crippen molar-refractivity contribution in [2.75, 3.05) is 5.32 Å². The highest BCUT2D eigenvalue weighted by Gasteiger charge is 2.57. The molecule has 294 valence electrons. The molecule has 11 heteroatoms. The number of aliphatic carboxylic acids is 1. The second-order valence-corrected chi connectivity index (χ2v) is 24.0. The predicted octanol–water partition coefficient (Wildman–Crippen LogP) is 7.28. The number of ketones is 1. The zero-order chi connectivity index (χ0) is 41.0. The van der Waals surface area contributed by atoms with Crippen molar-refractivity contribution in [3.05, 3.63) is 151 Å². The van der Waals surface area contributed by atoms with Crippen LogP contribution in [0.5, 0.6) is 0 Å². The van der Waals surface area contributed by atoms with Gasteiger partial charge >= 0.3 is 5.97 Å². The zero-order valence-corrected chi connectivity index (χ0v) is 35.1. The Hall–Kier alpha value is -5.41. The number of carbonyl (C=O) groups excluding carboxylic acids is 3. The van der Waals surface area contributed by atoms with Gasteiger partial charge in [-0.05, 0) is 58.7 Å². The maximum atomic E-state index is 14.9. The third-order valence-electron chi connectivity index (χ3n) is 11.2. The predicted molar refractivity (Wildman–Crippen MR) is 232 cm³/mol. The number of benzene rings is 4. The van der Waals surface area contributed by atoms with Crippen molar-refractivity contribution in [3.8, 4) is 0 Å². The first-order chi connectivity index (χ1) is 27.1. The van der Waals surface area contributed by atoms with Gasteiger partial charge in [-0.15, -0.1) is 0 Å². The van der Waals surface area contributed by atoms with E-state index in [1.165, 1.54) is 4.90 Å². The van der Waals surface area contributed by atoms with Gasteiger partial charge in [0.05, 0.1) is 24.5 Å². The Labute approximate surface area is 336 Å². The van der Waals surface area contributed by atoms with Crippen LogP contribution < -0.4 is 21.2 Å². The normalized spacial score (nSPS) is 16.3. The number of carboxylic acids is 1. The van der Waals surface area contributed by atoms with Crippen molar-refractivity contribution in [2.24, 2.45) is 5.92 Å². The summed E-state index contributed by atoms with van der Waals surface area (Å²) < 4.78 is 6.81. The maximum absolute atomic E-state index is 14.9. The number of likely N-dealkylation sites (tertiary alicyclic amines) is 1. The number of amides is 2. The van der Waals surface area contributed by atoms with E-state index >= 15 is 0 Å². The Morgan fingerprint density at radius 3 is 1.75 bits per heavy atom. The first-order valence-corrected chi connectivity index (χ1v) is 23.8. The lowest BCUT2D eigenvalue weighted by Crippen LogP contribution is -2.69. The number of β-lactam (4-membered cyclic amide) rings is 1. The number of Topliss-reactive ketones (excluding diaryl/α,β-unsaturated/α-hetero) is 1. The van der Waals surface area contributed by atoms with Crippen LogP contribution in [0.2, 0.25) is 18.1 Å². The van der Waals surface area contributed by atoms with Gasteiger partial charge in [-0.2, -0.15) is 0 Å². The van der Waals surface area contributed by atoms with Crippen LogP contribution in [0.1, 0.15) is 50.0 Å². The molecule has 0 saturated carbocycles. The van der Waals surface area contributed by atoms with Crippen LogP contribution in [-0.4, -0.2) is 64.4 Å². The Bertz CT molecular complexity index is 2180. The van der Waals surface area contributed by atoms with Crippen LogP contribution in [-0.2, 0) is 25.2 Å². The number of nitrogens with one attached hydrogen (secondary N) is 1. The minimum Gasteiger partial charge on any atom is -0.477 e. The molecule has 5 aromatic rings. The van der Waals surface area contributed by atoms with E-state index in [2.05, 4.69) is 44.2 Å². The SMILES string of the molecule is C[C@@H](O[Si](C)(C)C(C)(C)C)[C@H]1C(=O)N(C(C(=O)O)=P(c2ccccc2)(c2ccccc2)c2ccccc2)[C@@H]1CC(=O)c1ccc(CC(=O)Nc2ccncc2)cc1. The molecule has 2 N–H and O–H groups in total. The minimum atomic E-state index is -3.26. The van der Waals surface area contributed by atoms with E-state index in [0.29, 0.717) is 11.3 Å². The van der Waals surface area contributed by atoms with Gasteiger partial charge in [0, 0.05) is 37.0 Å². The summed E-state index contributed by atoms with van der Waals surface area (Å²) in [6.07, 6.45) is 2.59. The fourth-order valence-corrected chi connectivity index (χ4v) is 13.2. The van der Waals surface area contributed by atoms with Crippen molar-refractivity contribution in [1.29, 1.82) is 0 Å². The van der Waals surface area contributed by atoms with Gasteiger partial charge in [-0.3, -0.25) is 19.4 Å². The molecule has 1 saturated heterocycles. The number of nitrogens with zero attached hydrogens (tertiary/aromatic N) is 2. The lowest BCUT2D eigenvalue weighted by molar-refractivity contribution is -0.155. The quantitative estimate of drug-likeness (QED) is 0.0524. The largest absolute Gasteiger partial charge is 0.477 e. The van der Waals surface area contributed by atoms with Crippen molar-refractivity contribution in [3.63, 3.8) is 0 Å². The highest BCUT2D eigenvalue weighted by Crippen LogP contribution is 2.50. The van der Waals surface area contributed by atoms with Gasteiger partial charge in [0.1, 0.15) is 5.42 Å². The number of pyridine rings is 1. The molecule has 1 fully saturated rings. The molecule has 6 rings (SSSR count). The first-order valence-electron chi connectivity index (χ1n) is 19.1. The molecule has 0 spiro atoms. The standard InChI is InChI=1S/C46H50N3O6PSi/c1-32(55-57(5,6)46(2,3)4)42-39(31-40(50)34-24-22-33(23-25-34)30-41(51)48-35-26-28-47-29-27-35)49(43(42)52)44(45(53)54)56(36-16-10-7-11-17-36,37-18-12-8-13-19-37)38-20-14-9-15-21-38/h7-29,32,39,42H,30-31H2,1-6H3,(H,53,54)(H,47,48,51)/t32-,39-,42-/m1/s1. The summed E-state index contributed by atoms with van der Waals surface area (Å²) in [5, 5.41) is 16.5. The summed E-state index contributed by atoms with van der Waals surface area (Å²) in [5.74, 6) is -2.82. The molecule has 2 heterocycles. The van der Waals surface area contributed by atoms with E-state index in [4.69, 9.17) is 4.43 Å². The number of hydrogen-bond acceptors (Lipinski definition) is 6. The molecule has 3 atom stereocenters. The number of carbonyl (C=O) groups is 4. The van der Waals surface area contributed by atoms with Crippen molar-refractivity contribution in [2.45, 2.75) is 70.8 Å². The van der Waals surface area contributed by atoms with Gasteiger partial charge in [-0.1, -0.05) is 136 Å². The number of hydrogen-bond donors (Lipinski definition) is 2. The Kier molecular flexibility index (Phi) is 12.3. The summed E-state index contributed by atoms with van der Waals surface area (Å²) >= 11 is 0. The lowest BCUT2D eigenvalue weighted by atomic mass is 9.79. The molecule has 57 heavy (non-hydrogen) atoms. The third-order valence-corrected chi connectivity index (χ3v) is 20.1. The number of anilines is 1. The van der Waals surface area contributed by atoms with Crippen LogP contribution in [0.25, 0.3) is 0 Å². The molecule has 1 aliphatic rings. The third kappa shape index (κ3) is 8.49. The molecule has 4 aromatic carbocycles. The second kappa shape index (κ2) is 17.0. The molecule has 0 radical (unpaired) electrons.